The van der Waals surface area contributed by atoms with Gasteiger partial charge < -0.3 is 10.3 Å². The first-order chi connectivity index (χ1) is 13.8. The Labute approximate surface area is 173 Å². The number of carbonyl (C=O) groups excluding carboxylic acids is 1. The number of sulfone groups is 1. The van der Waals surface area contributed by atoms with E-state index in [2.05, 4.69) is 20.6 Å². The van der Waals surface area contributed by atoms with Gasteiger partial charge in [-0.2, -0.15) is 0 Å². The average molecular weight is 434 g/mol. The molecule has 3 heterocycles. The van der Waals surface area contributed by atoms with Gasteiger partial charge in [-0.05, 0) is 31.0 Å². The number of nitrogens with two attached hydrogens (primary N) is 1. The lowest BCUT2D eigenvalue weighted by Gasteiger charge is -2.32. The van der Waals surface area contributed by atoms with Crippen molar-refractivity contribution < 1.29 is 13.2 Å². The topological polar surface area (TPSA) is 111 Å². The van der Waals surface area contributed by atoms with Crippen LogP contribution in [0.4, 0.5) is 0 Å². The van der Waals surface area contributed by atoms with Crippen LogP contribution in [-0.4, -0.2) is 52.7 Å². The lowest BCUT2D eigenvalue weighted by molar-refractivity contribution is -0.118. The molecule has 1 saturated heterocycles. The normalized spacial score (nSPS) is 18.3. The van der Waals surface area contributed by atoms with Crippen molar-refractivity contribution in [3.63, 3.8) is 0 Å². The van der Waals surface area contributed by atoms with E-state index in [1.54, 1.807) is 0 Å². The molecule has 0 spiro atoms. The third-order valence-electron chi connectivity index (χ3n) is 5.30. The van der Waals surface area contributed by atoms with E-state index in [1.165, 1.54) is 6.26 Å². The molecule has 4 rings (SSSR count). The number of fused-ring (bicyclic) bond motifs is 1. The molecular formula is C19H23N5O3S2. The van der Waals surface area contributed by atoms with Crippen LogP contribution in [-0.2, 0) is 27.7 Å². The predicted octanol–water partition coefficient (Wildman–Crippen LogP) is 1.76. The van der Waals surface area contributed by atoms with Gasteiger partial charge in [-0.1, -0.05) is 22.7 Å². The van der Waals surface area contributed by atoms with E-state index in [-0.39, 0.29) is 22.6 Å². The third kappa shape index (κ3) is 4.19. The summed E-state index contributed by atoms with van der Waals surface area (Å²) in [4.78, 5) is 13.7. The molecule has 1 amide bonds. The number of rotatable bonds is 6. The van der Waals surface area contributed by atoms with Gasteiger partial charge >= 0.3 is 0 Å². The van der Waals surface area contributed by atoms with Crippen LogP contribution in [0.2, 0.25) is 0 Å². The molecule has 1 aromatic carbocycles. The maximum Gasteiger partial charge on any atom is 0.237 e. The summed E-state index contributed by atoms with van der Waals surface area (Å²) >= 11 is 0.952. The van der Waals surface area contributed by atoms with Gasteiger partial charge in [-0.15, -0.1) is 5.10 Å². The molecule has 29 heavy (non-hydrogen) atoms. The van der Waals surface area contributed by atoms with Crippen molar-refractivity contribution in [1.82, 2.24) is 19.1 Å². The summed E-state index contributed by atoms with van der Waals surface area (Å²) in [6, 6.07) is 7.97. The smallest absolute Gasteiger partial charge is 0.237 e. The first-order valence-electron chi connectivity index (χ1n) is 9.42. The largest absolute Gasteiger partial charge is 0.368 e. The van der Waals surface area contributed by atoms with E-state index in [1.807, 2.05) is 29.0 Å². The Hall–Kier alpha value is -2.30. The summed E-state index contributed by atoms with van der Waals surface area (Å²) in [5.41, 5.74) is 8.11. The molecule has 0 radical (unpaired) electrons. The first kappa shape index (κ1) is 20.0. The van der Waals surface area contributed by atoms with Crippen molar-refractivity contribution in [2.24, 2.45) is 5.73 Å². The van der Waals surface area contributed by atoms with E-state index < -0.39 is 9.84 Å². The van der Waals surface area contributed by atoms with Crippen molar-refractivity contribution in [3.8, 4) is 0 Å². The van der Waals surface area contributed by atoms with Crippen LogP contribution in [0.5, 0.6) is 0 Å². The molecule has 1 fully saturated rings. The minimum Gasteiger partial charge on any atom is -0.368 e. The Morgan fingerprint density at radius 3 is 2.90 bits per heavy atom. The molecule has 0 aliphatic carbocycles. The molecular weight excluding hydrogens is 410 g/mol. The van der Waals surface area contributed by atoms with Gasteiger partial charge in [0, 0.05) is 53.9 Å². The van der Waals surface area contributed by atoms with Crippen molar-refractivity contribution >= 4 is 38.2 Å². The van der Waals surface area contributed by atoms with Crippen LogP contribution < -0.4 is 5.73 Å². The van der Waals surface area contributed by atoms with Crippen molar-refractivity contribution in [3.05, 3.63) is 41.7 Å². The third-order valence-corrected chi connectivity index (χ3v) is 7.85. The van der Waals surface area contributed by atoms with Crippen LogP contribution in [0.15, 0.2) is 34.7 Å². The fourth-order valence-electron chi connectivity index (χ4n) is 4.11. The van der Waals surface area contributed by atoms with Gasteiger partial charge in [-0.3, -0.25) is 9.69 Å². The van der Waals surface area contributed by atoms with Gasteiger partial charge in [-0.25, -0.2) is 8.42 Å². The predicted molar refractivity (Wildman–Crippen MR) is 111 cm³/mol. The Balaban J connectivity index is 1.58. The zero-order chi connectivity index (χ0) is 20.6. The zero-order valence-electron chi connectivity index (χ0n) is 16.1. The monoisotopic (exact) mass is 433 g/mol. The molecule has 10 heteroatoms. The number of hydrogen-bond donors (Lipinski definition) is 1. The molecule has 3 aromatic rings. The van der Waals surface area contributed by atoms with Crippen LogP contribution in [0.3, 0.4) is 0 Å². The average Bonchev–Trinajstić information content (AvgIpc) is 3.28. The molecule has 8 nitrogen and oxygen atoms in total. The SMILES string of the molecule is CS(=O)(=O)c1snnc1[C@@H]1CCCN(Cc2cn(CC(N)=O)c3ccccc23)C1. The standard InChI is InChI=1S/C19H23N5O3S2/c1-29(26,27)19-18(21-22-28-19)13-5-4-8-23(9-13)10-14-11-24(12-17(20)25)16-7-3-2-6-15(14)16/h2-3,6-7,11,13H,4-5,8-10,12H2,1H3,(H2,20,25)/t13-/m1/s1. The van der Waals surface area contributed by atoms with E-state index in [0.717, 1.165) is 53.9 Å². The molecule has 0 bridgehead atoms. The minimum atomic E-state index is -3.32. The highest BCUT2D eigenvalue weighted by Gasteiger charge is 2.29. The Kier molecular flexibility index (Phi) is 5.41. The molecule has 154 valence electrons. The van der Waals surface area contributed by atoms with Crippen LogP contribution in [0.25, 0.3) is 10.9 Å². The number of primary amides is 1. The van der Waals surface area contributed by atoms with Crippen molar-refractivity contribution in [2.45, 2.75) is 36.1 Å². The second kappa shape index (κ2) is 7.85. The second-order valence-electron chi connectivity index (χ2n) is 7.56. The van der Waals surface area contributed by atoms with Gasteiger partial charge in [0.1, 0.15) is 6.54 Å². The van der Waals surface area contributed by atoms with Gasteiger partial charge in [0.2, 0.25) is 5.91 Å². The number of para-hydroxylation sites is 1. The summed E-state index contributed by atoms with van der Waals surface area (Å²) in [7, 11) is -3.32. The number of carbonyl (C=O) groups is 1. The summed E-state index contributed by atoms with van der Waals surface area (Å²) in [5.74, 6) is -0.328. The number of aromatic nitrogens is 3. The Morgan fingerprint density at radius 2 is 2.14 bits per heavy atom. The summed E-state index contributed by atoms with van der Waals surface area (Å²) in [6.07, 6.45) is 5.06. The van der Waals surface area contributed by atoms with E-state index in [0.29, 0.717) is 12.2 Å². The van der Waals surface area contributed by atoms with Crippen molar-refractivity contribution in [2.75, 3.05) is 19.3 Å². The highest BCUT2D eigenvalue weighted by molar-refractivity contribution is 7.92. The van der Waals surface area contributed by atoms with E-state index >= 15 is 0 Å². The first-order valence-corrected chi connectivity index (χ1v) is 12.1. The van der Waals surface area contributed by atoms with Crippen LogP contribution in [0, 0.1) is 0 Å². The number of amides is 1. The van der Waals surface area contributed by atoms with Crippen LogP contribution >= 0.6 is 11.5 Å². The fraction of sp³-hybridized carbons (Fsp3) is 0.421. The van der Waals surface area contributed by atoms with Gasteiger partial charge in [0.05, 0.1) is 5.69 Å². The quantitative estimate of drug-likeness (QED) is 0.634. The highest BCUT2D eigenvalue weighted by Crippen LogP contribution is 2.33. The zero-order valence-corrected chi connectivity index (χ0v) is 17.7. The molecule has 1 atom stereocenters. The maximum atomic E-state index is 12.0. The van der Waals surface area contributed by atoms with Gasteiger partial charge in [0.25, 0.3) is 0 Å². The maximum absolute atomic E-state index is 12.0. The number of nitrogens with zero attached hydrogens (tertiary/aromatic N) is 4. The molecule has 1 aliphatic heterocycles. The second-order valence-corrected chi connectivity index (χ2v) is 10.5. The highest BCUT2D eigenvalue weighted by atomic mass is 32.2. The number of benzene rings is 1. The van der Waals surface area contributed by atoms with E-state index in [4.69, 9.17) is 5.73 Å². The minimum absolute atomic E-state index is 0.0474. The van der Waals surface area contributed by atoms with Crippen molar-refractivity contribution in [1.29, 1.82) is 0 Å². The Morgan fingerprint density at radius 1 is 1.34 bits per heavy atom. The summed E-state index contributed by atoms with van der Waals surface area (Å²) < 4.78 is 30.1. The molecule has 1 aliphatic rings. The number of piperidine rings is 1. The molecule has 2 aromatic heterocycles. The molecule has 0 saturated carbocycles. The van der Waals surface area contributed by atoms with Crippen LogP contribution in [0.1, 0.15) is 30.0 Å². The van der Waals surface area contributed by atoms with E-state index in [9.17, 15) is 13.2 Å². The van der Waals surface area contributed by atoms with Gasteiger partial charge in [0.15, 0.2) is 14.0 Å². The number of hydrogen-bond acceptors (Lipinski definition) is 7. The molecule has 2 N–H and O–H groups in total. The Bertz CT molecular complexity index is 1150. The summed E-state index contributed by atoms with van der Waals surface area (Å²) in [6.45, 7) is 2.51. The fourth-order valence-corrected chi connectivity index (χ4v) is 5.84. The molecule has 0 unspecified atom stereocenters. The number of likely N-dealkylation sites (tertiary alicyclic amines) is 1. The lowest BCUT2D eigenvalue weighted by Crippen LogP contribution is -2.34. The summed E-state index contributed by atoms with van der Waals surface area (Å²) in [5, 5.41) is 5.24. The lowest BCUT2D eigenvalue weighted by atomic mass is 9.95.